The number of allylic oxidation sites excluding steroid dienone is 2. The van der Waals surface area contributed by atoms with Crippen molar-refractivity contribution < 1.29 is 0 Å². The second-order valence-electron chi connectivity index (χ2n) is 7.55. The largest absolute Gasteiger partial charge is 0.310 e. The predicted molar refractivity (Wildman–Crippen MR) is 100 cm³/mol. The predicted octanol–water partition coefficient (Wildman–Crippen LogP) is 6.26. The van der Waals surface area contributed by atoms with Gasteiger partial charge in [0.05, 0.1) is 0 Å². The Hall–Kier alpha value is -0.560. The van der Waals surface area contributed by atoms with Crippen LogP contribution in [0.3, 0.4) is 0 Å². The van der Waals surface area contributed by atoms with Gasteiger partial charge in [-0.05, 0) is 44.4 Å². The molecule has 1 heteroatoms. The van der Waals surface area contributed by atoms with E-state index in [1.54, 1.807) is 0 Å². The summed E-state index contributed by atoms with van der Waals surface area (Å²) in [6, 6.07) is 0. The molecule has 1 saturated heterocycles. The van der Waals surface area contributed by atoms with Crippen molar-refractivity contribution in [3.05, 3.63) is 25.3 Å². The van der Waals surface area contributed by atoms with Gasteiger partial charge in [-0.15, -0.1) is 13.2 Å². The summed E-state index contributed by atoms with van der Waals surface area (Å²) in [7, 11) is 0. The summed E-state index contributed by atoms with van der Waals surface area (Å²) in [5.41, 5.74) is 0.837. The van der Waals surface area contributed by atoms with Gasteiger partial charge in [0.15, 0.2) is 0 Å². The Kier molecular flexibility index (Phi) is 7.38. The molecule has 1 aliphatic heterocycles. The number of rotatable bonds is 11. The molecule has 1 heterocycles. The minimum atomic E-state index is 0.204. The van der Waals surface area contributed by atoms with E-state index in [-0.39, 0.29) is 11.0 Å². The van der Waals surface area contributed by atoms with Gasteiger partial charge in [0.2, 0.25) is 0 Å². The van der Waals surface area contributed by atoms with E-state index in [1.807, 2.05) is 0 Å². The van der Waals surface area contributed by atoms with E-state index in [0.717, 1.165) is 19.4 Å². The molecule has 1 nitrogen and oxygen atoms in total. The van der Waals surface area contributed by atoms with Gasteiger partial charge in [-0.1, -0.05) is 58.6 Å². The van der Waals surface area contributed by atoms with E-state index in [0.29, 0.717) is 5.41 Å². The number of hydrogen-bond donors (Lipinski definition) is 1. The SMILES string of the molecule is C=CCC1(CC=C)C(CC)(CC)CNC1(C)CCCCCC. The van der Waals surface area contributed by atoms with Gasteiger partial charge < -0.3 is 5.32 Å². The Labute approximate surface area is 139 Å². The highest BCUT2D eigenvalue weighted by Crippen LogP contribution is 2.61. The zero-order valence-corrected chi connectivity index (χ0v) is 15.6. The van der Waals surface area contributed by atoms with E-state index >= 15 is 0 Å². The Morgan fingerprint density at radius 1 is 0.955 bits per heavy atom. The van der Waals surface area contributed by atoms with Crippen LogP contribution in [0.5, 0.6) is 0 Å². The first-order valence-corrected chi connectivity index (χ1v) is 9.48. The molecule has 0 bridgehead atoms. The van der Waals surface area contributed by atoms with Gasteiger partial charge in [-0.25, -0.2) is 0 Å². The van der Waals surface area contributed by atoms with Crippen LogP contribution in [0.15, 0.2) is 25.3 Å². The molecule has 0 saturated carbocycles. The van der Waals surface area contributed by atoms with E-state index in [1.165, 1.54) is 44.9 Å². The third-order valence-corrected chi connectivity index (χ3v) is 6.76. The molecule has 1 unspecified atom stereocenters. The van der Waals surface area contributed by atoms with Crippen LogP contribution < -0.4 is 5.32 Å². The van der Waals surface area contributed by atoms with Gasteiger partial charge in [-0.3, -0.25) is 0 Å². The summed E-state index contributed by atoms with van der Waals surface area (Å²) >= 11 is 0. The Bertz CT molecular complexity index is 343. The molecule has 0 spiro atoms. The van der Waals surface area contributed by atoms with Crippen LogP contribution in [-0.4, -0.2) is 12.1 Å². The maximum Gasteiger partial charge on any atom is 0.0221 e. The van der Waals surface area contributed by atoms with Crippen molar-refractivity contribution in [2.45, 2.75) is 91.0 Å². The fourth-order valence-electron chi connectivity index (χ4n) is 5.16. The minimum absolute atomic E-state index is 0.204. The smallest absolute Gasteiger partial charge is 0.0221 e. The van der Waals surface area contributed by atoms with Gasteiger partial charge in [0.25, 0.3) is 0 Å². The van der Waals surface area contributed by atoms with Crippen molar-refractivity contribution >= 4 is 0 Å². The van der Waals surface area contributed by atoms with E-state index in [4.69, 9.17) is 0 Å². The van der Waals surface area contributed by atoms with Crippen molar-refractivity contribution in [2.75, 3.05) is 6.54 Å². The fourth-order valence-corrected chi connectivity index (χ4v) is 5.16. The molecule has 0 aromatic heterocycles. The number of hydrogen-bond acceptors (Lipinski definition) is 1. The molecule has 1 aliphatic rings. The Balaban J connectivity index is 3.12. The minimum Gasteiger partial charge on any atom is -0.310 e. The van der Waals surface area contributed by atoms with Crippen LogP contribution in [0.1, 0.15) is 85.5 Å². The first-order valence-electron chi connectivity index (χ1n) is 9.48. The van der Waals surface area contributed by atoms with Gasteiger partial charge >= 0.3 is 0 Å². The van der Waals surface area contributed by atoms with Crippen LogP contribution in [-0.2, 0) is 0 Å². The fraction of sp³-hybridized carbons (Fsp3) is 0.810. The monoisotopic (exact) mass is 305 g/mol. The topological polar surface area (TPSA) is 12.0 Å². The Morgan fingerprint density at radius 2 is 1.55 bits per heavy atom. The molecule has 1 atom stereocenters. The lowest BCUT2D eigenvalue weighted by Gasteiger charge is -2.52. The zero-order valence-electron chi connectivity index (χ0n) is 15.6. The lowest BCUT2D eigenvalue weighted by Crippen LogP contribution is -2.53. The molecule has 1 rings (SSSR count). The maximum absolute atomic E-state index is 4.10. The van der Waals surface area contributed by atoms with Gasteiger partial charge in [0.1, 0.15) is 0 Å². The summed E-state index contributed by atoms with van der Waals surface area (Å²) in [5, 5.41) is 3.97. The third-order valence-electron chi connectivity index (χ3n) is 6.76. The van der Waals surface area contributed by atoms with Crippen molar-refractivity contribution in [3.63, 3.8) is 0 Å². The van der Waals surface area contributed by atoms with E-state index < -0.39 is 0 Å². The van der Waals surface area contributed by atoms with Crippen molar-refractivity contribution in [2.24, 2.45) is 10.8 Å². The van der Waals surface area contributed by atoms with Crippen LogP contribution in [0.4, 0.5) is 0 Å². The Morgan fingerprint density at radius 3 is 2.00 bits per heavy atom. The van der Waals surface area contributed by atoms with E-state index in [2.05, 4.69) is 58.3 Å². The summed E-state index contributed by atoms with van der Waals surface area (Å²) in [6.07, 6.45) is 15.6. The standard InChI is InChI=1S/C21H39N/c1-7-12-13-14-17-19(6)21(15-8-2,16-9-3)20(10-4,11-5)18-22-19/h8-9,22H,2-3,7,10-18H2,1,4-6H3. The number of nitrogens with one attached hydrogen (secondary N) is 1. The summed E-state index contributed by atoms with van der Waals surface area (Å²) in [4.78, 5) is 0. The third kappa shape index (κ3) is 3.20. The molecule has 128 valence electrons. The normalized spacial score (nSPS) is 26.0. The summed E-state index contributed by atoms with van der Waals surface area (Å²) < 4.78 is 0. The second-order valence-corrected chi connectivity index (χ2v) is 7.55. The quantitative estimate of drug-likeness (QED) is 0.351. The molecular formula is C21H39N. The van der Waals surface area contributed by atoms with Crippen molar-refractivity contribution in [1.82, 2.24) is 5.32 Å². The van der Waals surface area contributed by atoms with Crippen LogP contribution in [0.25, 0.3) is 0 Å². The van der Waals surface area contributed by atoms with E-state index in [9.17, 15) is 0 Å². The first-order chi connectivity index (χ1) is 10.5. The lowest BCUT2D eigenvalue weighted by atomic mass is 9.52. The highest BCUT2D eigenvalue weighted by atomic mass is 15.1. The highest BCUT2D eigenvalue weighted by molar-refractivity contribution is 5.19. The summed E-state index contributed by atoms with van der Waals surface area (Å²) in [5.74, 6) is 0. The van der Waals surface area contributed by atoms with Gasteiger partial charge in [0, 0.05) is 17.5 Å². The molecule has 22 heavy (non-hydrogen) atoms. The zero-order chi connectivity index (χ0) is 16.7. The molecule has 0 radical (unpaired) electrons. The van der Waals surface area contributed by atoms with Crippen molar-refractivity contribution in [1.29, 1.82) is 0 Å². The van der Waals surface area contributed by atoms with Crippen LogP contribution in [0.2, 0.25) is 0 Å². The lowest BCUT2D eigenvalue weighted by molar-refractivity contribution is 0.0151. The highest BCUT2D eigenvalue weighted by Gasteiger charge is 2.61. The molecule has 0 aromatic carbocycles. The molecule has 0 amide bonds. The van der Waals surface area contributed by atoms with Crippen LogP contribution in [0, 0.1) is 10.8 Å². The molecule has 1 N–H and O–H groups in total. The van der Waals surface area contributed by atoms with Crippen LogP contribution >= 0.6 is 0 Å². The molecule has 0 aliphatic carbocycles. The van der Waals surface area contributed by atoms with Gasteiger partial charge in [-0.2, -0.15) is 0 Å². The molecular weight excluding hydrogens is 266 g/mol. The number of unbranched alkanes of at least 4 members (excludes halogenated alkanes) is 3. The maximum atomic E-state index is 4.10. The van der Waals surface area contributed by atoms with Crippen molar-refractivity contribution in [3.8, 4) is 0 Å². The first kappa shape index (κ1) is 19.5. The summed E-state index contributed by atoms with van der Waals surface area (Å²) in [6.45, 7) is 18.8. The molecule has 0 aromatic rings. The second kappa shape index (κ2) is 8.34. The average molecular weight is 306 g/mol. The molecule has 1 fully saturated rings. The average Bonchev–Trinajstić information content (AvgIpc) is 2.75.